The summed E-state index contributed by atoms with van der Waals surface area (Å²) in [6.07, 6.45) is 7.26. The maximum absolute atomic E-state index is 5.75. The van der Waals surface area contributed by atoms with Crippen LogP contribution in [0.4, 0.5) is 5.69 Å². The first kappa shape index (κ1) is 11.5. The molecule has 1 aliphatic heterocycles. The summed E-state index contributed by atoms with van der Waals surface area (Å²) in [5, 5.41) is 8.45. The molecule has 5 heteroatoms. The first-order valence-corrected chi connectivity index (χ1v) is 6.64. The van der Waals surface area contributed by atoms with Crippen molar-refractivity contribution in [1.29, 1.82) is 0 Å². The Morgan fingerprint density at radius 2 is 1.89 bits per heavy atom. The van der Waals surface area contributed by atoms with Crippen molar-refractivity contribution in [3.63, 3.8) is 0 Å². The molecule has 0 bridgehead atoms. The molecule has 2 aromatic heterocycles. The lowest BCUT2D eigenvalue weighted by molar-refractivity contribution is 0.269. The zero-order valence-electron chi connectivity index (χ0n) is 10.5. The fourth-order valence-electron chi connectivity index (χ4n) is 2.56. The van der Waals surface area contributed by atoms with Crippen molar-refractivity contribution in [2.75, 3.05) is 18.8 Å². The molecular weight excluding hydrogens is 226 g/mol. The highest BCUT2D eigenvalue weighted by atomic mass is 15.3. The molecule has 2 N–H and O–H groups in total. The summed E-state index contributed by atoms with van der Waals surface area (Å²) in [5.41, 5.74) is 7.31. The number of nitrogens with zero attached hydrogens (tertiary/aromatic N) is 4. The SMILES string of the molecule is Nc1ccn2c(CN3CCCCCC3)nnc2c1. The number of anilines is 1. The van der Waals surface area contributed by atoms with E-state index < -0.39 is 0 Å². The van der Waals surface area contributed by atoms with Gasteiger partial charge in [-0.1, -0.05) is 12.8 Å². The van der Waals surface area contributed by atoms with Crippen LogP contribution in [0.5, 0.6) is 0 Å². The van der Waals surface area contributed by atoms with Gasteiger partial charge in [-0.05, 0) is 32.0 Å². The van der Waals surface area contributed by atoms with E-state index in [1.165, 1.54) is 38.8 Å². The summed E-state index contributed by atoms with van der Waals surface area (Å²) >= 11 is 0. The molecule has 1 fully saturated rings. The van der Waals surface area contributed by atoms with E-state index in [2.05, 4.69) is 15.1 Å². The van der Waals surface area contributed by atoms with Gasteiger partial charge in [-0.2, -0.15) is 0 Å². The average Bonchev–Trinajstić information content (AvgIpc) is 2.59. The number of nitrogen functional groups attached to an aromatic ring is 1. The van der Waals surface area contributed by atoms with Crippen molar-refractivity contribution >= 4 is 11.3 Å². The van der Waals surface area contributed by atoms with Crippen LogP contribution in [-0.2, 0) is 6.54 Å². The van der Waals surface area contributed by atoms with Gasteiger partial charge in [0.15, 0.2) is 11.5 Å². The van der Waals surface area contributed by atoms with Gasteiger partial charge in [0, 0.05) is 18.0 Å². The van der Waals surface area contributed by atoms with Gasteiger partial charge in [-0.25, -0.2) is 0 Å². The Morgan fingerprint density at radius 1 is 1.11 bits per heavy atom. The zero-order valence-corrected chi connectivity index (χ0v) is 10.5. The van der Waals surface area contributed by atoms with Crippen molar-refractivity contribution in [2.24, 2.45) is 0 Å². The third kappa shape index (κ3) is 2.31. The third-order valence-electron chi connectivity index (χ3n) is 3.57. The van der Waals surface area contributed by atoms with Crippen molar-refractivity contribution in [1.82, 2.24) is 19.5 Å². The third-order valence-corrected chi connectivity index (χ3v) is 3.57. The summed E-state index contributed by atoms with van der Waals surface area (Å²) in [7, 11) is 0. The standard InChI is InChI=1S/C13H19N5/c14-11-5-8-18-12(9-11)15-16-13(18)10-17-6-3-1-2-4-7-17/h5,8-9H,1-4,6-7,10,14H2. The first-order valence-electron chi connectivity index (χ1n) is 6.64. The first-order chi connectivity index (χ1) is 8.83. The molecule has 0 amide bonds. The molecule has 96 valence electrons. The number of aromatic nitrogens is 3. The lowest BCUT2D eigenvalue weighted by atomic mass is 10.2. The van der Waals surface area contributed by atoms with Gasteiger partial charge in [0.25, 0.3) is 0 Å². The summed E-state index contributed by atoms with van der Waals surface area (Å²) in [6.45, 7) is 3.22. The van der Waals surface area contributed by atoms with Crippen LogP contribution in [0.25, 0.3) is 5.65 Å². The fourth-order valence-corrected chi connectivity index (χ4v) is 2.56. The van der Waals surface area contributed by atoms with Crippen LogP contribution in [-0.4, -0.2) is 32.6 Å². The van der Waals surface area contributed by atoms with Crippen molar-refractivity contribution in [3.05, 3.63) is 24.2 Å². The lowest BCUT2D eigenvalue weighted by Crippen LogP contribution is -2.25. The quantitative estimate of drug-likeness (QED) is 0.874. The number of likely N-dealkylation sites (tertiary alicyclic amines) is 1. The second-order valence-electron chi connectivity index (χ2n) is 4.99. The molecule has 18 heavy (non-hydrogen) atoms. The fraction of sp³-hybridized carbons (Fsp3) is 0.538. The van der Waals surface area contributed by atoms with Gasteiger partial charge < -0.3 is 5.73 Å². The van der Waals surface area contributed by atoms with Crippen LogP contribution in [0.3, 0.4) is 0 Å². The minimum absolute atomic E-state index is 0.733. The molecule has 5 nitrogen and oxygen atoms in total. The number of rotatable bonds is 2. The molecule has 0 aromatic carbocycles. The van der Waals surface area contributed by atoms with Gasteiger partial charge in [-0.15, -0.1) is 10.2 Å². The van der Waals surface area contributed by atoms with Crippen LogP contribution < -0.4 is 5.73 Å². The van der Waals surface area contributed by atoms with E-state index >= 15 is 0 Å². The van der Waals surface area contributed by atoms with Crippen LogP contribution in [0, 0.1) is 0 Å². The maximum atomic E-state index is 5.75. The Bertz CT molecular complexity index is 525. The molecule has 0 atom stereocenters. The average molecular weight is 245 g/mol. The van der Waals surface area contributed by atoms with E-state index in [1.54, 1.807) is 0 Å². The molecule has 0 saturated carbocycles. The van der Waals surface area contributed by atoms with E-state index in [0.717, 1.165) is 23.7 Å². The Hall–Kier alpha value is -1.62. The van der Waals surface area contributed by atoms with Gasteiger partial charge in [0.05, 0.1) is 6.54 Å². The smallest absolute Gasteiger partial charge is 0.162 e. The predicted molar refractivity (Wildman–Crippen MR) is 71.1 cm³/mol. The number of pyridine rings is 1. The molecule has 3 rings (SSSR count). The summed E-state index contributed by atoms with van der Waals surface area (Å²) in [6, 6.07) is 3.75. The van der Waals surface area contributed by atoms with Crippen LogP contribution in [0.15, 0.2) is 18.3 Å². The highest BCUT2D eigenvalue weighted by Crippen LogP contribution is 2.14. The summed E-state index contributed by atoms with van der Waals surface area (Å²) in [5.74, 6) is 1.01. The Labute approximate surface area is 107 Å². The monoisotopic (exact) mass is 245 g/mol. The summed E-state index contributed by atoms with van der Waals surface area (Å²) in [4.78, 5) is 2.47. The molecule has 0 unspecified atom stereocenters. The molecule has 0 radical (unpaired) electrons. The van der Waals surface area contributed by atoms with Gasteiger partial charge >= 0.3 is 0 Å². The van der Waals surface area contributed by atoms with Crippen LogP contribution in [0.1, 0.15) is 31.5 Å². The van der Waals surface area contributed by atoms with E-state index in [9.17, 15) is 0 Å². The van der Waals surface area contributed by atoms with Crippen LogP contribution in [0.2, 0.25) is 0 Å². The Balaban J connectivity index is 1.81. The van der Waals surface area contributed by atoms with E-state index in [0.29, 0.717) is 0 Å². The highest BCUT2D eigenvalue weighted by Gasteiger charge is 2.13. The van der Waals surface area contributed by atoms with Crippen LogP contribution >= 0.6 is 0 Å². The number of hydrogen-bond acceptors (Lipinski definition) is 4. The van der Waals surface area contributed by atoms with E-state index in [4.69, 9.17) is 5.73 Å². The minimum Gasteiger partial charge on any atom is -0.399 e. The predicted octanol–water partition coefficient (Wildman–Crippen LogP) is 1.69. The normalized spacial score (nSPS) is 18.0. The van der Waals surface area contributed by atoms with E-state index in [-0.39, 0.29) is 0 Å². The molecule has 2 aromatic rings. The van der Waals surface area contributed by atoms with E-state index in [1.807, 2.05) is 22.7 Å². The maximum Gasteiger partial charge on any atom is 0.162 e. The molecule has 3 heterocycles. The highest BCUT2D eigenvalue weighted by molar-refractivity contribution is 5.51. The van der Waals surface area contributed by atoms with Crippen molar-refractivity contribution < 1.29 is 0 Å². The Kier molecular flexibility index (Phi) is 3.15. The van der Waals surface area contributed by atoms with Gasteiger partial charge in [0.1, 0.15) is 0 Å². The summed E-state index contributed by atoms with van der Waals surface area (Å²) < 4.78 is 2.03. The second kappa shape index (κ2) is 4.94. The largest absolute Gasteiger partial charge is 0.399 e. The van der Waals surface area contributed by atoms with Gasteiger partial charge in [-0.3, -0.25) is 9.30 Å². The van der Waals surface area contributed by atoms with Crippen molar-refractivity contribution in [3.8, 4) is 0 Å². The number of hydrogen-bond donors (Lipinski definition) is 1. The molecular formula is C13H19N5. The molecule has 1 aliphatic rings. The minimum atomic E-state index is 0.733. The zero-order chi connectivity index (χ0) is 12.4. The Morgan fingerprint density at radius 3 is 2.67 bits per heavy atom. The topological polar surface area (TPSA) is 59.5 Å². The molecule has 0 spiro atoms. The van der Waals surface area contributed by atoms with Crippen molar-refractivity contribution in [2.45, 2.75) is 32.2 Å². The molecule has 0 aliphatic carbocycles. The second-order valence-corrected chi connectivity index (χ2v) is 4.99. The number of fused-ring (bicyclic) bond motifs is 1. The number of nitrogens with two attached hydrogens (primary N) is 1. The molecule has 1 saturated heterocycles. The lowest BCUT2D eigenvalue weighted by Gasteiger charge is -2.18. The van der Waals surface area contributed by atoms with Gasteiger partial charge in [0.2, 0.25) is 0 Å².